The standard InChI is InChI=1S/C30H30F4IN3O4/c31-27(32)30(33,34)42-24-8-4-7-22(15-24)29(16-19-5-2-1-3-6-19,25-14-9-20(17-35)18-36-25)38-28(41)37-23-12-10-21(11-13-23)26(39)40/h1-9,14-15,18,21,23,27H,10-13,16-17H2,(H,39,40)(H2,37,38,41)/t21-,23+,29-/m0/s1. The third kappa shape index (κ3) is 7.69. The first kappa shape index (κ1) is 31.5. The van der Waals surface area contributed by atoms with Crippen molar-refractivity contribution < 1.29 is 37.0 Å². The second-order valence-corrected chi connectivity index (χ2v) is 11.0. The molecule has 1 heterocycles. The maximum absolute atomic E-state index is 13.9. The molecule has 1 aliphatic rings. The highest BCUT2D eigenvalue weighted by Crippen LogP contribution is 2.36. The lowest BCUT2D eigenvalue weighted by atomic mass is 9.80. The van der Waals surface area contributed by atoms with Crippen LogP contribution in [-0.4, -0.2) is 40.7 Å². The Labute approximate surface area is 254 Å². The van der Waals surface area contributed by atoms with Crippen LogP contribution in [0.2, 0.25) is 0 Å². The number of halogens is 5. The van der Waals surface area contributed by atoms with Crippen LogP contribution in [0.15, 0.2) is 72.9 Å². The van der Waals surface area contributed by atoms with E-state index < -0.39 is 41.7 Å². The van der Waals surface area contributed by atoms with E-state index in [9.17, 15) is 32.3 Å². The predicted molar refractivity (Wildman–Crippen MR) is 156 cm³/mol. The molecule has 2 aromatic carbocycles. The number of ether oxygens (including phenoxy) is 1. The van der Waals surface area contributed by atoms with Gasteiger partial charge in [-0.15, -0.1) is 0 Å². The molecule has 224 valence electrons. The number of amides is 2. The number of hydrogen-bond donors (Lipinski definition) is 3. The molecule has 42 heavy (non-hydrogen) atoms. The Morgan fingerprint density at radius 3 is 2.31 bits per heavy atom. The SMILES string of the molecule is O=C(N[C@@](Cc1ccccc1)(c1cccc(OC(F)(F)C(F)F)c1)c1ccc(CI)cn1)N[C@H]1CC[C@@H](C(=O)O)CC1. The highest BCUT2D eigenvalue weighted by atomic mass is 127. The third-order valence-electron chi connectivity index (χ3n) is 7.30. The highest BCUT2D eigenvalue weighted by molar-refractivity contribution is 14.1. The van der Waals surface area contributed by atoms with Crippen molar-refractivity contribution in [2.24, 2.45) is 5.92 Å². The summed E-state index contributed by atoms with van der Waals surface area (Å²) in [6, 6.07) is 17.2. The fourth-order valence-corrected chi connectivity index (χ4v) is 5.56. The summed E-state index contributed by atoms with van der Waals surface area (Å²) in [6.07, 6.45) is -5.18. The zero-order valence-electron chi connectivity index (χ0n) is 22.4. The molecular formula is C30H30F4IN3O4. The molecule has 1 saturated carbocycles. The van der Waals surface area contributed by atoms with Crippen LogP contribution >= 0.6 is 22.6 Å². The first-order valence-electron chi connectivity index (χ1n) is 13.3. The summed E-state index contributed by atoms with van der Waals surface area (Å²) in [5.74, 6) is -1.83. The first-order valence-corrected chi connectivity index (χ1v) is 14.9. The second-order valence-electron chi connectivity index (χ2n) is 10.2. The zero-order valence-corrected chi connectivity index (χ0v) is 24.6. The summed E-state index contributed by atoms with van der Waals surface area (Å²) < 4.78 is 58.7. The van der Waals surface area contributed by atoms with E-state index in [2.05, 4.69) is 42.9 Å². The summed E-state index contributed by atoms with van der Waals surface area (Å²) in [6.45, 7) is 0. The van der Waals surface area contributed by atoms with E-state index in [0.717, 1.165) is 17.2 Å². The molecule has 1 atom stereocenters. The van der Waals surface area contributed by atoms with Crippen molar-refractivity contribution in [1.29, 1.82) is 0 Å². The van der Waals surface area contributed by atoms with Crippen molar-refractivity contribution in [3.8, 4) is 5.75 Å². The summed E-state index contributed by atoms with van der Waals surface area (Å²) >= 11 is 2.19. The van der Waals surface area contributed by atoms with Crippen molar-refractivity contribution in [2.45, 2.75) is 60.6 Å². The Morgan fingerprint density at radius 1 is 1.00 bits per heavy atom. The molecule has 3 N–H and O–H groups in total. The molecule has 1 aliphatic carbocycles. The van der Waals surface area contributed by atoms with Gasteiger partial charge in [0, 0.05) is 23.1 Å². The Bertz CT molecular complexity index is 1360. The van der Waals surface area contributed by atoms with Crippen LogP contribution < -0.4 is 15.4 Å². The van der Waals surface area contributed by atoms with Crippen LogP contribution in [0.5, 0.6) is 5.75 Å². The van der Waals surface area contributed by atoms with E-state index >= 15 is 0 Å². The van der Waals surface area contributed by atoms with E-state index in [1.54, 1.807) is 18.3 Å². The van der Waals surface area contributed by atoms with Crippen LogP contribution in [0.3, 0.4) is 0 Å². The van der Waals surface area contributed by atoms with Gasteiger partial charge in [-0.2, -0.15) is 17.6 Å². The number of carbonyl (C=O) groups is 2. The number of benzene rings is 2. The number of aliphatic carboxylic acids is 1. The molecule has 0 bridgehead atoms. The van der Waals surface area contributed by atoms with Crippen LogP contribution in [0.1, 0.15) is 48.1 Å². The van der Waals surface area contributed by atoms with Gasteiger partial charge in [0.2, 0.25) is 0 Å². The van der Waals surface area contributed by atoms with Gasteiger partial charge in [-0.05, 0) is 60.6 Å². The van der Waals surface area contributed by atoms with E-state index in [4.69, 9.17) is 0 Å². The quantitative estimate of drug-likeness (QED) is 0.118. The van der Waals surface area contributed by atoms with Gasteiger partial charge in [0.05, 0.1) is 11.6 Å². The lowest BCUT2D eigenvalue weighted by Gasteiger charge is -2.37. The average molecular weight is 699 g/mol. The maximum atomic E-state index is 13.9. The number of carboxylic acids is 1. The van der Waals surface area contributed by atoms with Gasteiger partial charge in [0.25, 0.3) is 0 Å². The Hall–Kier alpha value is -3.42. The largest absolute Gasteiger partial charge is 0.481 e. The minimum atomic E-state index is -4.72. The fourth-order valence-electron chi connectivity index (χ4n) is 5.11. The molecule has 0 radical (unpaired) electrons. The molecule has 12 heteroatoms. The topological polar surface area (TPSA) is 101 Å². The molecular weight excluding hydrogens is 669 g/mol. The van der Waals surface area contributed by atoms with Gasteiger partial charge in [0.1, 0.15) is 11.3 Å². The molecule has 1 fully saturated rings. The van der Waals surface area contributed by atoms with Crippen molar-refractivity contribution in [3.63, 3.8) is 0 Å². The fraction of sp³-hybridized carbons (Fsp3) is 0.367. The minimum absolute atomic E-state index is 0.137. The van der Waals surface area contributed by atoms with E-state index in [0.29, 0.717) is 35.8 Å². The van der Waals surface area contributed by atoms with Crippen LogP contribution in [-0.2, 0) is 21.2 Å². The molecule has 3 aromatic rings. The third-order valence-corrected chi connectivity index (χ3v) is 8.18. The van der Waals surface area contributed by atoms with Crippen molar-refractivity contribution in [2.75, 3.05) is 0 Å². The number of nitrogens with one attached hydrogen (secondary N) is 2. The van der Waals surface area contributed by atoms with Crippen LogP contribution in [0.4, 0.5) is 22.4 Å². The van der Waals surface area contributed by atoms with Gasteiger partial charge in [-0.3, -0.25) is 9.78 Å². The number of carbonyl (C=O) groups excluding carboxylic acids is 1. The van der Waals surface area contributed by atoms with Crippen molar-refractivity contribution in [3.05, 3.63) is 95.3 Å². The molecule has 0 aliphatic heterocycles. The Balaban J connectivity index is 1.76. The Kier molecular flexibility index (Phi) is 10.3. The first-order chi connectivity index (χ1) is 20.0. The number of rotatable bonds is 11. The number of carboxylic acid groups (broad SMARTS) is 1. The summed E-state index contributed by atoms with van der Waals surface area (Å²) in [7, 11) is 0. The van der Waals surface area contributed by atoms with Crippen LogP contribution in [0.25, 0.3) is 0 Å². The van der Waals surface area contributed by atoms with Gasteiger partial charge in [-0.1, -0.05) is 71.1 Å². The van der Waals surface area contributed by atoms with Gasteiger partial charge in [-0.25, -0.2) is 4.79 Å². The van der Waals surface area contributed by atoms with Gasteiger partial charge < -0.3 is 20.5 Å². The smallest absolute Gasteiger partial charge is 0.461 e. The molecule has 7 nitrogen and oxygen atoms in total. The predicted octanol–water partition coefficient (Wildman–Crippen LogP) is 6.68. The van der Waals surface area contributed by atoms with Crippen molar-refractivity contribution >= 4 is 34.6 Å². The summed E-state index contributed by atoms with van der Waals surface area (Å²) in [5.41, 5.74) is 0.938. The van der Waals surface area contributed by atoms with Crippen LogP contribution in [0, 0.1) is 5.92 Å². The highest BCUT2D eigenvalue weighted by Gasteiger charge is 2.45. The van der Waals surface area contributed by atoms with E-state index in [-0.39, 0.29) is 18.0 Å². The molecule has 4 rings (SSSR count). The van der Waals surface area contributed by atoms with E-state index in [1.165, 1.54) is 12.1 Å². The summed E-state index contributed by atoms with van der Waals surface area (Å²) in [4.78, 5) is 29.6. The zero-order chi connectivity index (χ0) is 30.3. The lowest BCUT2D eigenvalue weighted by Crippen LogP contribution is -2.54. The molecule has 0 spiro atoms. The van der Waals surface area contributed by atoms with Gasteiger partial charge in [0.15, 0.2) is 0 Å². The number of urea groups is 1. The maximum Gasteiger partial charge on any atom is 0.461 e. The number of nitrogens with zero attached hydrogens (tertiary/aromatic N) is 1. The molecule has 2 amide bonds. The number of hydrogen-bond acceptors (Lipinski definition) is 4. The molecule has 0 unspecified atom stereocenters. The molecule has 1 aromatic heterocycles. The number of pyridine rings is 1. The van der Waals surface area contributed by atoms with Crippen molar-refractivity contribution in [1.82, 2.24) is 15.6 Å². The normalized spacial score (nSPS) is 18.6. The Morgan fingerprint density at radius 2 is 1.71 bits per heavy atom. The summed E-state index contributed by atoms with van der Waals surface area (Å²) in [5, 5.41) is 15.3. The number of aromatic nitrogens is 1. The minimum Gasteiger partial charge on any atom is -0.481 e. The molecule has 0 saturated heterocycles. The average Bonchev–Trinajstić information content (AvgIpc) is 2.97. The lowest BCUT2D eigenvalue weighted by molar-refractivity contribution is -0.253. The second kappa shape index (κ2) is 13.7. The number of alkyl halides is 5. The monoisotopic (exact) mass is 699 g/mol. The van der Waals surface area contributed by atoms with E-state index in [1.807, 2.05) is 36.4 Å². The van der Waals surface area contributed by atoms with Gasteiger partial charge >= 0.3 is 24.5 Å².